The van der Waals surface area contributed by atoms with Gasteiger partial charge in [-0.3, -0.25) is 14.6 Å². The molecule has 0 aliphatic carbocycles. The zero-order chi connectivity index (χ0) is 20.3. The van der Waals surface area contributed by atoms with Crippen LogP contribution in [0.15, 0.2) is 79.0 Å². The molecule has 2 aromatic carbocycles. The van der Waals surface area contributed by atoms with Crippen molar-refractivity contribution < 1.29 is 14.3 Å². The van der Waals surface area contributed by atoms with Crippen molar-refractivity contribution in [2.45, 2.75) is 19.5 Å². The Morgan fingerprint density at radius 3 is 2.31 bits per heavy atom. The van der Waals surface area contributed by atoms with E-state index in [4.69, 9.17) is 4.74 Å². The van der Waals surface area contributed by atoms with Crippen LogP contribution in [0.25, 0.3) is 0 Å². The van der Waals surface area contributed by atoms with E-state index >= 15 is 0 Å². The first-order chi connectivity index (χ1) is 14.2. The third-order valence-electron chi connectivity index (χ3n) is 4.20. The van der Waals surface area contributed by atoms with Gasteiger partial charge in [0, 0.05) is 18.3 Å². The van der Waals surface area contributed by atoms with E-state index in [2.05, 4.69) is 15.6 Å². The summed E-state index contributed by atoms with van der Waals surface area (Å²) in [6.07, 6.45) is 1.97. The summed E-state index contributed by atoms with van der Waals surface area (Å²) in [4.78, 5) is 28.3. The van der Waals surface area contributed by atoms with Crippen LogP contribution in [-0.2, 0) is 17.9 Å². The number of nitrogens with one attached hydrogen (secondary N) is 2. The number of rotatable bonds is 9. The standard InChI is InChI=1S/C23H23N3O3/c27-22(13-15-29-21-7-2-1-3-8-21)25-16-18-9-11-19(12-10-18)23(28)26-17-20-6-4-5-14-24-20/h1-12,14H,13,15-17H2,(H,25,27)(H,26,28). The summed E-state index contributed by atoms with van der Waals surface area (Å²) < 4.78 is 5.52. The van der Waals surface area contributed by atoms with Crippen LogP contribution in [0.1, 0.15) is 28.0 Å². The van der Waals surface area contributed by atoms with Crippen molar-refractivity contribution in [3.63, 3.8) is 0 Å². The van der Waals surface area contributed by atoms with Gasteiger partial charge in [0.1, 0.15) is 5.75 Å². The van der Waals surface area contributed by atoms with Gasteiger partial charge in [0.05, 0.1) is 25.3 Å². The highest BCUT2D eigenvalue weighted by atomic mass is 16.5. The third-order valence-corrected chi connectivity index (χ3v) is 4.20. The van der Waals surface area contributed by atoms with Gasteiger partial charge in [0.25, 0.3) is 5.91 Å². The molecular formula is C23H23N3O3. The summed E-state index contributed by atoms with van der Waals surface area (Å²) >= 11 is 0. The Morgan fingerprint density at radius 1 is 0.828 bits per heavy atom. The topological polar surface area (TPSA) is 80.3 Å². The Hall–Kier alpha value is -3.67. The van der Waals surface area contributed by atoms with Gasteiger partial charge in [-0.2, -0.15) is 0 Å². The van der Waals surface area contributed by atoms with E-state index in [1.165, 1.54) is 0 Å². The zero-order valence-corrected chi connectivity index (χ0v) is 16.0. The molecule has 0 unspecified atom stereocenters. The molecule has 0 radical (unpaired) electrons. The van der Waals surface area contributed by atoms with Gasteiger partial charge < -0.3 is 15.4 Å². The van der Waals surface area contributed by atoms with Gasteiger partial charge in [-0.25, -0.2) is 0 Å². The molecule has 29 heavy (non-hydrogen) atoms. The Labute approximate surface area is 169 Å². The number of hydrogen-bond donors (Lipinski definition) is 2. The molecule has 6 heteroatoms. The van der Waals surface area contributed by atoms with Gasteiger partial charge in [-0.15, -0.1) is 0 Å². The maximum Gasteiger partial charge on any atom is 0.251 e. The van der Waals surface area contributed by atoms with Crippen molar-refractivity contribution in [2.24, 2.45) is 0 Å². The smallest absolute Gasteiger partial charge is 0.251 e. The van der Waals surface area contributed by atoms with E-state index in [1.807, 2.05) is 60.7 Å². The predicted octanol–water partition coefficient (Wildman–Crippen LogP) is 3.10. The summed E-state index contributed by atoms with van der Waals surface area (Å²) in [6.45, 7) is 1.10. The lowest BCUT2D eigenvalue weighted by Crippen LogP contribution is -2.25. The molecule has 148 valence electrons. The molecule has 0 bridgehead atoms. The van der Waals surface area contributed by atoms with Crippen LogP contribution in [0.2, 0.25) is 0 Å². The summed E-state index contributed by atoms with van der Waals surface area (Å²) in [5.41, 5.74) is 2.28. The van der Waals surface area contributed by atoms with Crippen molar-refractivity contribution >= 4 is 11.8 Å². The fraction of sp³-hybridized carbons (Fsp3) is 0.174. The van der Waals surface area contributed by atoms with Gasteiger partial charge in [-0.1, -0.05) is 36.4 Å². The van der Waals surface area contributed by atoms with E-state index in [0.717, 1.165) is 17.0 Å². The predicted molar refractivity (Wildman–Crippen MR) is 110 cm³/mol. The molecule has 2 N–H and O–H groups in total. The number of carbonyl (C=O) groups is 2. The molecular weight excluding hydrogens is 366 g/mol. The molecule has 1 aromatic heterocycles. The number of hydrogen-bond acceptors (Lipinski definition) is 4. The highest BCUT2D eigenvalue weighted by Crippen LogP contribution is 2.08. The number of benzene rings is 2. The van der Waals surface area contributed by atoms with Crippen molar-refractivity contribution in [3.05, 3.63) is 95.8 Å². The van der Waals surface area contributed by atoms with Crippen molar-refractivity contribution in [3.8, 4) is 5.75 Å². The fourth-order valence-electron chi connectivity index (χ4n) is 2.62. The molecule has 0 spiro atoms. The number of aromatic nitrogens is 1. The Morgan fingerprint density at radius 2 is 1.59 bits per heavy atom. The Balaban J connectivity index is 1.38. The molecule has 0 atom stereocenters. The summed E-state index contributed by atoms with van der Waals surface area (Å²) in [7, 11) is 0. The molecule has 6 nitrogen and oxygen atoms in total. The summed E-state index contributed by atoms with van der Waals surface area (Å²) in [5, 5.41) is 5.69. The second kappa shape index (κ2) is 10.6. The average Bonchev–Trinajstić information content (AvgIpc) is 2.78. The molecule has 3 rings (SSSR count). The first-order valence-electron chi connectivity index (χ1n) is 9.42. The number of pyridine rings is 1. The second-order valence-electron chi connectivity index (χ2n) is 6.39. The molecule has 2 amide bonds. The zero-order valence-electron chi connectivity index (χ0n) is 16.0. The first kappa shape index (κ1) is 20.1. The summed E-state index contributed by atoms with van der Waals surface area (Å²) in [6, 6.07) is 22.1. The van der Waals surface area contributed by atoms with E-state index < -0.39 is 0 Å². The monoisotopic (exact) mass is 389 g/mol. The minimum atomic E-state index is -0.163. The van der Waals surface area contributed by atoms with E-state index in [-0.39, 0.29) is 18.2 Å². The van der Waals surface area contributed by atoms with Crippen LogP contribution in [0.3, 0.4) is 0 Å². The van der Waals surface area contributed by atoms with Gasteiger partial charge in [0.15, 0.2) is 0 Å². The van der Waals surface area contributed by atoms with E-state index in [1.54, 1.807) is 18.3 Å². The average molecular weight is 389 g/mol. The molecule has 0 saturated carbocycles. The highest BCUT2D eigenvalue weighted by Gasteiger charge is 2.07. The SMILES string of the molecule is O=C(CCOc1ccccc1)NCc1ccc(C(=O)NCc2ccccn2)cc1. The maximum atomic E-state index is 12.2. The third kappa shape index (κ3) is 6.77. The maximum absolute atomic E-state index is 12.2. The van der Waals surface area contributed by atoms with Crippen LogP contribution in [0.5, 0.6) is 5.75 Å². The number of nitrogens with zero attached hydrogens (tertiary/aromatic N) is 1. The highest BCUT2D eigenvalue weighted by molar-refractivity contribution is 5.94. The normalized spacial score (nSPS) is 10.2. The molecule has 1 heterocycles. The minimum Gasteiger partial charge on any atom is -0.493 e. The lowest BCUT2D eigenvalue weighted by atomic mass is 10.1. The molecule has 0 fully saturated rings. The lowest BCUT2D eigenvalue weighted by molar-refractivity contribution is -0.121. The first-order valence-corrected chi connectivity index (χ1v) is 9.42. The number of carbonyl (C=O) groups excluding carboxylic acids is 2. The fourth-order valence-corrected chi connectivity index (χ4v) is 2.62. The number of amides is 2. The van der Waals surface area contributed by atoms with Crippen molar-refractivity contribution in [1.29, 1.82) is 0 Å². The van der Waals surface area contributed by atoms with Crippen LogP contribution < -0.4 is 15.4 Å². The lowest BCUT2D eigenvalue weighted by Gasteiger charge is -2.08. The molecule has 3 aromatic rings. The van der Waals surface area contributed by atoms with Gasteiger partial charge >= 0.3 is 0 Å². The van der Waals surface area contributed by atoms with E-state index in [0.29, 0.717) is 25.3 Å². The van der Waals surface area contributed by atoms with Crippen LogP contribution in [0, 0.1) is 0 Å². The largest absolute Gasteiger partial charge is 0.493 e. The second-order valence-corrected chi connectivity index (χ2v) is 6.39. The molecule has 0 saturated heterocycles. The quantitative estimate of drug-likeness (QED) is 0.589. The summed E-state index contributed by atoms with van der Waals surface area (Å²) in [5.74, 6) is 0.500. The van der Waals surface area contributed by atoms with Crippen LogP contribution in [0.4, 0.5) is 0 Å². The van der Waals surface area contributed by atoms with Gasteiger partial charge in [-0.05, 0) is 42.0 Å². The van der Waals surface area contributed by atoms with E-state index in [9.17, 15) is 9.59 Å². The number of para-hydroxylation sites is 1. The van der Waals surface area contributed by atoms with Crippen molar-refractivity contribution in [1.82, 2.24) is 15.6 Å². The Bertz CT molecular complexity index is 913. The molecule has 0 aliphatic heterocycles. The van der Waals surface area contributed by atoms with Crippen LogP contribution in [-0.4, -0.2) is 23.4 Å². The molecule has 0 aliphatic rings. The van der Waals surface area contributed by atoms with Crippen LogP contribution >= 0.6 is 0 Å². The Kier molecular flexibility index (Phi) is 7.34. The number of ether oxygens (including phenoxy) is 1. The minimum absolute atomic E-state index is 0.0851. The van der Waals surface area contributed by atoms with Crippen molar-refractivity contribution in [2.75, 3.05) is 6.61 Å². The van der Waals surface area contributed by atoms with Gasteiger partial charge in [0.2, 0.25) is 5.91 Å².